The van der Waals surface area contributed by atoms with E-state index in [-0.39, 0.29) is 0 Å². The van der Waals surface area contributed by atoms with Crippen molar-refractivity contribution < 1.29 is 0 Å². The standard InChI is InChI=1S/C20H28N4/c1-3-23-11-13-24(14-12-23)16-19-9-7-18(8-10-19)15-21-20-6-4-5-17(2)22-20/h4-10H,3,11-16H2,1-2H3,(H,21,22). The fraction of sp³-hybridized carbons (Fsp3) is 0.450. The van der Waals surface area contributed by atoms with Gasteiger partial charge in [0, 0.05) is 45.0 Å². The third-order valence-corrected chi connectivity index (χ3v) is 4.70. The third-order valence-electron chi connectivity index (χ3n) is 4.70. The number of aromatic nitrogens is 1. The molecule has 0 bridgehead atoms. The summed E-state index contributed by atoms with van der Waals surface area (Å²) in [5.41, 5.74) is 3.73. The van der Waals surface area contributed by atoms with Crippen LogP contribution in [-0.2, 0) is 13.1 Å². The molecule has 2 aromatic rings. The van der Waals surface area contributed by atoms with E-state index in [0.717, 1.165) is 24.6 Å². The zero-order valence-electron chi connectivity index (χ0n) is 14.8. The summed E-state index contributed by atoms with van der Waals surface area (Å²) in [4.78, 5) is 9.54. The molecule has 24 heavy (non-hydrogen) atoms. The van der Waals surface area contributed by atoms with Crippen LogP contribution < -0.4 is 5.32 Å². The minimum absolute atomic E-state index is 0.811. The summed E-state index contributed by atoms with van der Waals surface area (Å²) in [5, 5.41) is 3.39. The molecule has 4 heteroatoms. The van der Waals surface area contributed by atoms with E-state index in [1.165, 1.54) is 43.9 Å². The number of pyridine rings is 1. The Kier molecular flexibility index (Phi) is 5.83. The fourth-order valence-corrected chi connectivity index (χ4v) is 3.12. The molecular formula is C20H28N4. The molecule has 0 spiro atoms. The molecule has 0 amide bonds. The van der Waals surface area contributed by atoms with E-state index in [0.29, 0.717) is 0 Å². The van der Waals surface area contributed by atoms with Crippen LogP contribution >= 0.6 is 0 Å². The second-order valence-corrected chi connectivity index (χ2v) is 6.54. The maximum Gasteiger partial charge on any atom is 0.126 e. The molecule has 0 aliphatic carbocycles. The van der Waals surface area contributed by atoms with E-state index in [9.17, 15) is 0 Å². The van der Waals surface area contributed by atoms with E-state index in [2.05, 4.69) is 51.3 Å². The van der Waals surface area contributed by atoms with Crippen molar-refractivity contribution in [1.82, 2.24) is 14.8 Å². The summed E-state index contributed by atoms with van der Waals surface area (Å²) >= 11 is 0. The molecule has 1 aromatic heterocycles. The van der Waals surface area contributed by atoms with Gasteiger partial charge in [-0.15, -0.1) is 0 Å². The van der Waals surface area contributed by atoms with Crippen molar-refractivity contribution in [1.29, 1.82) is 0 Å². The fourth-order valence-electron chi connectivity index (χ4n) is 3.12. The lowest BCUT2D eigenvalue weighted by atomic mass is 10.1. The quantitative estimate of drug-likeness (QED) is 0.884. The first-order valence-electron chi connectivity index (χ1n) is 8.93. The molecule has 1 aliphatic rings. The predicted octanol–water partition coefficient (Wildman–Crippen LogP) is 3.14. The van der Waals surface area contributed by atoms with Crippen LogP contribution in [0.4, 0.5) is 5.82 Å². The van der Waals surface area contributed by atoms with Crippen molar-refractivity contribution in [2.75, 3.05) is 38.0 Å². The maximum atomic E-state index is 4.47. The molecule has 1 aromatic carbocycles. The summed E-state index contributed by atoms with van der Waals surface area (Å²) < 4.78 is 0. The topological polar surface area (TPSA) is 31.4 Å². The van der Waals surface area contributed by atoms with E-state index >= 15 is 0 Å². The zero-order chi connectivity index (χ0) is 16.8. The zero-order valence-corrected chi connectivity index (χ0v) is 14.8. The summed E-state index contributed by atoms with van der Waals surface area (Å²) in [6, 6.07) is 15.0. The number of benzene rings is 1. The van der Waals surface area contributed by atoms with Crippen LogP contribution in [0.3, 0.4) is 0 Å². The van der Waals surface area contributed by atoms with Gasteiger partial charge in [0.25, 0.3) is 0 Å². The lowest BCUT2D eigenvalue weighted by molar-refractivity contribution is 0.132. The van der Waals surface area contributed by atoms with Crippen molar-refractivity contribution in [3.8, 4) is 0 Å². The van der Waals surface area contributed by atoms with Gasteiger partial charge < -0.3 is 10.2 Å². The average molecular weight is 324 g/mol. The van der Waals surface area contributed by atoms with E-state index in [4.69, 9.17) is 0 Å². The molecule has 3 rings (SSSR count). The van der Waals surface area contributed by atoms with Gasteiger partial charge in [-0.25, -0.2) is 4.98 Å². The summed E-state index contributed by atoms with van der Waals surface area (Å²) in [5.74, 6) is 0.938. The highest BCUT2D eigenvalue weighted by Crippen LogP contribution is 2.12. The first kappa shape index (κ1) is 16.9. The van der Waals surface area contributed by atoms with Crippen LogP contribution in [0.2, 0.25) is 0 Å². The van der Waals surface area contributed by atoms with Gasteiger partial charge in [0.15, 0.2) is 0 Å². The summed E-state index contributed by atoms with van der Waals surface area (Å²) in [7, 11) is 0. The van der Waals surface area contributed by atoms with Gasteiger partial charge in [0.2, 0.25) is 0 Å². The second-order valence-electron chi connectivity index (χ2n) is 6.54. The van der Waals surface area contributed by atoms with Gasteiger partial charge in [-0.2, -0.15) is 0 Å². The predicted molar refractivity (Wildman–Crippen MR) is 100 cm³/mol. The molecule has 1 aliphatic heterocycles. The molecule has 0 atom stereocenters. The molecule has 128 valence electrons. The van der Waals surface area contributed by atoms with Gasteiger partial charge in [0.05, 0.1) is 0 Å². The number of nitrogens with zero attached hydrogens (tertiary/aromatic N) is 3. The number of aryl methyl sites for hydroxylation is 1. The highest BCUT2D eigenvalue weighted by Gasteiger charge is 2.15. The Hall–Kier alpha value is -1.91. The van der Waals surface area contributed by atoms with Crippen molar-refractivity contribution in [2.45, 2.75) is 26.9 Å². The molecule has 1 fully saturated rings. The first-order chi connectivity index (χ1) is 11.7. The Balaban J connectivity index is 1.48. The smallest absolute Gasteiger partial charge is 0.126 e. The first-order valence-corrected chi connectivity index (χ1v) is 8.93. The largest absolute Gasteiger partial charge is 0.366 e. The van der Waals surface area contributed by atoms with Gasteiger partial charge in [0.1, 0.15) is 5.82 Å². The Labute approximate surface area is 145 Å². The van der Waals surface area contributed by atoms with Crippen molar-refractivity contribution >= 4 is 5.82 Å². The number of hydrogen-bond acceptors (Lipinski definition) is 4. The highest BCUT2D eigenvalue weighted by molar-refractivity contribution is 5.36. The van der Waals surface area contributed by atoms with Crippen LogP contribution in [0.25, 0.3) is 0 Å². The monoisotopic (exact) mass is 324 g/mol. The molecule has 1 saturated heterocycles. The number of hydrogen-bond donors (Lipinski definition) is 1. The minimum Gasteiger partial charge on any atom is -0.366 e. The van der Waals surface area contributed by atoms with Crippen molar-refractivity contribution in [3.05, 3.63) is 59.3 Å². The van der Waals surface area contributed by atoms with Crippen LogP contribution in [0.5, 0.6) is 0 Å². The van der Waals surface area contributed by atoms with Crippen LogP contribution in [0, 0.1) is 6.92 Å². The average Bonchev–Trinajstić information content (AvgIpc) is 2.62. The lowest BCUT2D eigenvalue weighted by Crippen LogP contribution is -2.45. The minimum atomic E-state index is 0.811. The van der Waals surface area contributed by atoms with Gasteiger partial charge in [-0.05, 0) is 36.7 Å². The highest BCUT2D eigenvalue weighted by atomic mass is 15.3. The molecule has 1 N–H and O–H groups in total. The summed E-state index contributed by atoms with van der Waals surface area (Å²) in [6.07, 6.45) is 0. The number of nitrogens with one attached hydrogen (secondary N) is 1. The summed E-state index contributed by atoms with van der Waals surface area (Å²) in [6.45, 7) is 12.0. The number of likely N-dealkylation sites (N-methyl/N-ethyl adjacent to an activating group) is 1. The van der Waals surface area contributed by atoms with Crippen LogP contribution in [0.15, 0.2) is 42.5 Å². The Morgan fingerprint density at radius 1 is 0.917 bits per heavy atom. The molecule has 4 nitrogen and oxygen atoms in total. The number of anilines is 1. The Morgan fingerprint density at radius 2 is 1.58 bits per heavy atom. The SMILES string of the molecule is CCN1CCN(Cc2ccc(CNc3cccc(C)n3)cc2)CC1. The van der Waals surface area contributed by atoms with Gasteiger partial charge >= 0.3 is 0 Å². The van der Waals surface area contributed by atoms with Crippen LogP contribution in [-0.4, -0.2) is 47.5 Å². The van der Waals surface area contributed by atoms with E-state index in [1.54, 1.807) is 0 Å². The molecule has 0 unspecified atom stereocenters. The van der Waals surface area contributed by atoms with Crippen molar-refractivity contribution in [3.63, 3.8) is 0 Å². The Morgan fingerprint density at radius 3 is 2.25 bits per heavy atom. The van der Waals surface area contributed by atoms with Crippen LogP contribution in [0.1, 0.15) is 23.7 Å². The van der Waals surface area contributed by atoms with E-state index in [1.807, 2.05) is 25.1 Å². The Bertz CT molecular complexity index is 630. The number of piperazine rings is 1. The van der Waals surface area contributed by atoms with Crippen molar-refractivity contribution in [2.24, 2.45) is 0 Å². The molecular weight excluding hydrogens is 296 g/mol. The maximum absolute atomic E-state index is 4.47. The third kappa shape index (κ3) is 4.79. The van der Waals surface area contributed by atoms with E-state index < -0.39 is 0 Å². The van der Waals surface area contributed by atoms with Gasteiger partial charge in [-0.3, -0.25) is 4.90 Å². The molecule has 0 radical (unpaired) electrons. The normalized spacial score (nSPS) is 16.2. The second kappa shape index (κ2) is 8.27. The molecule has 2 heterocycles. The lowest BCUT2D eigenvalue weighted by Gasteiger charge is -2.34. The molecule has 0 saturated carbocycles. The van der Waals surface area contributed by atoms with Gasteiger partial charge in [-0.1, -0.05) is 37.3 Å². The number of rotatable bonds is 6.